The molecular weight excluding hydrogens is 428 g/mol. The first-order valence-electron chi connectivity index (χ1n) is 9.65. The van der Waals surface area contributed by atoms with Gasteiger partial charge in [-0.2, -0.15) is 0 Å². The van der Waals surface area contributed by atoms with E-state index in [0.29, 0.717) is 38.0 Å². The van der Waals surface area contributed by atoms with Crippen molar-refractivity contribution >= 4 is 56.9 Å². The summed E-state index contributed by atoms with van der Waals surface area (Å²) in [5.41, 5.74) is 7.41. The van der Waals surface area contributed by atoms with Gasteiger partial charge in [-0.05, 0) is 42.0 Å². The van der Waals surface area contributed by atoms with Gasteiger partial charge in [0.2, 0.25) is 10.2 Å². The van der Waals surface area contributed by atoms with Crippen LogP contribution in [0.2, 0.25) is 0 Å². The maximum atomic E-state index is 13.3. The van der Waals surface area contributed by atoms with Gasteiger partial charge in [-0.3, -0.25) is 9.59 Å². The fourth-order valence-electron chi connectivity index (χ4n) is 3.19. The number of carbonyl (C=O) groups excluding carboxylic acids is 2. The van der Waals surface area contributed by atoms with Crippen molar-refractivity contribution in [1.29, 1.82) is 0 Å². The molecule has 0 unspecified atom stereocenters. The Labute approximate surface area is 186 Å². The molecule has 2 N–H and O–H groups in total. The number of benzene rings is 1. The van der Waals surface area contributed by atoms with Crippen LogP contribution in [0.25, 0.3) is 0 Å². The number of hydrogen-bond acceptors (Lipinski definition) is 9. The summed E-state index contributed by atoms with van der Waals surface area (Å²) in [6.07, 6.45) is 1.77. The van der Waals surface area contributed by atoms with Crippen LogP contribution in [0.5, 0.6) is 0 Å². The predicted octanol–water partition coefficient (Wildman–Crippen LogP) is 3.36. The highest BCUT2D eigenvalue weighted by atomic mass is 32.2. The average molecular weight is 459 g/mol. The van der Waals surface area contributed by atoms with E-state index in [1.54, 1.807) is 6.26 Å². The lowest BCUT2D eigenvalue weighted by molar-refractivity contribution is -0.124. The van der Waals surface area contributed by atoms with Gasteiger partial charge >= 0.3 is 0 Å². The number of rotatable bonds is 10. The molecule has 1 aromatic carbocycles. The van der Waals surface area contributed by atoms with Crippen LogP contribution < -0.4 is 10.6 Å². The van der Waals surface area contributed by atoms with Crippen LogP contribution in [-0.4, -0.2) is 65.8 Å². The normalized spacial score (nSPS) is 16.9. The van der Waals surface area contributed by atoms with Crippen molar-refractivity contribution in [3.63, 3.8) is 0 Å². The summed E-state index contributed by atoms with van der Waals surface area (Å²) < 4.78 is 10.9. The Balaban J connectivity index is 2.45. The lowest BCUT2D eigenvalue weighted by Crippen LogP contribution is -2.52. The third-order valence-electron chi connectivity index (χ3n) is 4.48. The van der Waals surface area contributed by atoms with Gasteiger partial charge in [0.25, 0.3) is 0 Å². The molecule has 2 rings (SSSR count). The van der Waals surface area contributed by atoms with Crippen LogP contribution >= 0.6 is 35.3 Å². The molecule has 0 aliphatic carbocycles. The van der Waals surface area contributed by atoms with Gasteiger partial charge in [0.15, 0.2) is 0 Å². The highest BCUT2D eigenvalue weighted by molar-refractivity contribution is 8.16. The molecule has 0 spiro atoms. The number of thioether (sulfide) groups is 3. The van der Waals surface area contributed by atoms with E-state index in [1.807, 2.05) is 38.1 Å². The molecule has 1 saturated heterocycles. The number of anilines is 2. The van der Waals surface area contributed by atoms with Crippen molar-refractivity contribution in [3.05, 3.63) is 24.3 Å². The first-order valence-corrected chi connectivity index (χ1v) is 12.9. The fourth-order valence-corrected chi connectivity index (χ4v) is 5.80. The number of nitrogens with two attached hydrogens (primary N) is 1. The lowest BCUT2D eigenvalue weighted by atomic mass is 10.1. The van der Waals surface area contributed by atoms with E-state index in [2.05, 4.69) is 4.90 Å². The molecule has 0 amide bonds. The number of hydrogen-bond donors (Lipinski definition) is 1. The van der Waals surface area contributed by atoms with Gasteiger partial charge in [0.1, 0.15) is 18.1 Å². The summed E-state index contributed by atoms with van der Waals surface area (Å²) in [5.74, 6) is 1.53. The summed E-state index contributed by atoms with van der Waals surface area (Å²) in [6, 6.07) is 6.89. The molecule has 1 aliphatic rings. The summed E-state index contributed by atoms with van der Waals surface area (Å²) in [5, 5.41) is -0.427. The largest absolute Gasteiger partial charge is 0.399 e. The monoisotopic (exact) mass is 458 g/mol. The quantitative estimate of drug-likeness (QED) is 0.531. The van der Waals surface area contributed by atoms with E-state index in [4.69, 9.17) is 15.2 Å². The zero-order valence-electron chi connectivity index (χ0n) is 17.2. The molecule has 6 nitrogen and oxygen atoms in total. The van der Waals surface area contributed by atoms with E-state index in [0.717, 1.165) is 11.4 Å². The van der Waals surface area contributed by atoms with Gasteiger partial charge in [-0.1, -0.05) is 37.4 Å². The minimum atomic E-state index is -0.574. The van der Waals surface area contributed by atoms with Crippen LogP contribution in [0.3, 0.4) is 0 Å². The second-order valence-electron chi connectivity index (χ2n) is 6.57. The Morgan fingerprint density at radius 3 is 2.34 bits per heavy atom. The third-order valence-corrected chi connectivity index (χ3v) is 7.27. The number of ether oxygens (including phenoxy) is 2. The zero-order valence-corrected chi connectivity index (χ0v) is 19.6. The van der Waals surface area contributed by atoms with Crippen molar-refractivity contribution in [3.8, 4) is 0 Å². The van der Waals surface area contributed by atoms with E-state index >= 15 is 0 Å². The Morgan fingerprint density at radius 1 is 1.14 bits per heavy atom. The standard InChI is InChI=1S/C20H30N2O4S3/c1-4-28-18(20(24)27-3)17(19(23)29-5-2)22(10-14-11-25-13-26-12-14)16-8-6-15(21)7-9-16/h6-9,14,17-18H,4-5,10-13,21H2,1-3H3/t17-,18+/m1/s1. The molecule has 9 heteroatoms. The van der Waals surface area contributed by atoms with E-state index in [1.165, 1.54) is 35.3 Å². The maximum Gasteiger partial charge on any atom is 0.212 e. The van der Waals surface area contributed by atoms with Gasteiger partial charge in [-0.25, -0.2) is 0 Å². The molecule has 162 valence electrons. The van der Waals surface area contributed by atoms with Gasteiger partial charge in [-0.15, -0.1) is 11.8 Å². The molecule has 0 bridgehead atoms. The number of carbonyl (C=O) groups is 2. The predicted molar refractivity (Wildman–Crippen MR) is 126 cm³/mol. The minimum Gasteiger partial charge on any atom is -0.399 e. The number of nitrogen functional groups attached to an aromatic ring is 1. The Kier molecular flexibility index (Phi) is 10.7. The summed E-state index contributed by atoms with van der Waals surface area (Å²) >= 11 is 3.97. The molecule has 1 aromatic rings. The Morgan fingerprint density at radius 2 is 1.79 bits per heavy atom. The Hall–Kier alpha value is -0.870. The van der Waals surface area contributed by atoms with Crippen LogP contribution in [-0.2, 0) is 19.1 Å². The Bertz CT molecular complexity index is 654. The summed E-state index contributed by atoms with van der Waals surface area (Å²) in [6.45, 7) is 5.95. The van der Waals surface area contributed by atoms with Crippen LogP contribution in [0, 0.1) is 5.92 Å². The van der Waals surface area contributed by atoms with Crippen LogP contribution in [0.1, 0.15) is 13.8 Å². The summed E-state index contributed by atoms with van der Waals surface area (Å²) in [7, 11) is 0. The second kappa shape index (κ2) is 12.7. The topological polar surface area (TPSA) is 81.9 Å². The van der Waals surface area contributed by atoms with Crippen molar-refractivity contribution < 1.29 is 19.1 Å². The van der Waals surface area contributed by atoms with Gasteiger partial charge in [0.05, 0.1) is 13.2 Å². The number of nitrogens with zero attached hydrogens (tertiary/aromatic N) is 1. The maximum absolute atomic E-state index is 13.3. The van der Waals surface area contributed by atoms with Gasteiger partial charge in [0, 0.05) is 23.8 Å². The fraction of sp³-hybridized carbons (Fsp3) is 0.600. The van der Waals surface area contributed by atoms with Crippen molar-refractivity contribution in [1.82, 2.24) is 0 Å². The van der Waals surface area contributed by atoms with Crippen LogP contribution in [0.15, 0.2) is 24.3 Å². The second-order valence-corrected chi connectivity index (χ2v) is 10.1. The molecule has 0 saturated carbocycles. The molecule has 1 heterocycles. The van der Waals surface area contributed by atoms with Gasteiger partial charge < -0.3 is 20.1 Å². The molecule has 0 aromatic heterocycles. The SMILES string of the molecule is CCSC(=O)[C@@H]([C@H](SCC)C(=O)SC)N(CC1COCOC1)c1ccc(N)cc1. The highest BCUT2D eigenvalue weighted by Crippen LogP contribution is 2.32. The first kappa shape index (κ1) is 24.4. The third kappa shape index (κ3) is 7.10. The molecule has 1 fully saturated rings. The van der Waals surface area contributed by atoms with Crippen molar-refractivity contribution in [2.75, 3.05) is 54.9 Å². The smallest absolute Gasteiger partial charge is 0.212 e. The van der Waals surface area contributed by atoms with Crippen LogP contribution in [0.4, 0.5) is 11.4 Å². The molecular formula is C20H30N2O4S3. The molecule has 2 atom stereocenters. The minimum absolute atomic E-state index is 0.00956. The molecule has 1 aliphatic heterocycles. The van der Waals surface area contributed by atoms with E-state index < -0.39 is 11.3 Å². The zero-order chi connectivity index (χ0) is 21.2. The summed E-state index contributed by atoms with van der Waals surface area (Å²) in [4.78, 5) is 28.1. The van der Waals surface area contributed by atoms with E-state index in [-0.39, 0.29) is 16.1 Å². The molecule has 29 heavy (non-hydrogen) atoms. The highest BCUT2D eigenvalue weighted by Gasteiger charge is 2.39. The first-order chi connectivity index (χ1) is 14.0. The lowest BCUT2D eigenvalue weighted by Gasteiger charge is -2.39. The molecule has 0 radical (unpaired) electrons. The van der Waals surface area contributed by atoms with Crippen molar-refractivity contribution in [2.45, 2.75) is 25.1 Å². The van der Waals surface area contributed by atoms with E-state index in [9.17, 15) is 9.59 Å². The average Bonchev–Trinajstić information content (AvgIpc) is 2.73. The van der Waals surface area contributed by atoms with Crippen molar-refractivity contribution in [2.24, 2.45) is 5.92 Å².